The molecule has 28 heavy (non-hydrogen) atoms. The Morgan fingerprint density at radius 3 is 2.61 bits per heavy atom. The summed E-state index contributed by atoms with van der Waals surface area (Å²) < 4.78 is 5.48. The number of halogens is 1. The lowest BCUT2D eigenvalue weighted by Gasteiger charge is -2.10. The third-order valence-corrected chi connectivity index (χ3v) is 4.95. The average molecular weight is 411 g/mol. The molecule has 1 saturated carbocycles. The van der Waals surface area contributed by atoms with Crippen LogP contribution in [0.25, 0.3) is 0 Å². The second-order valence-electron chi connectivity index (χ2n) is 7.32. The van der Waals surface area contributed by atoms with E-state index < -0.39 is 12.1 Å². The van der Waals surface area contributed by atoms with Gasteiger partial charge in [-0.05, 0) is 43.4 Å². The minimum atomic E-state index is -0.670. The molecule has 5 heteroatoms. The zero-order chi connectivity index (χ0) is 20.6. The van der Waals surface area contributed by atoms with E-state index in [9.17, 15) is 9.90 Å². The largest absolute Gasteiger partial charge is 0.491 e. The highest BCUT2D eigenvalue weighted by Gasteiger charge is 2.12. The maximum absolute atomic E-state index is 10.0. The molecular weight excluding hydrogens is 376 g/mol. The number of ether oxygens (including phenoxy) is 1. The lowest BCUT2D eigenvalue weighted by molar-refractivity contribution is -0.137. The van der Waals surface area contributed by atoms with Crippen molar-refractivity contribution in [2.45, 2.75) is 77.2 Å². The van der Waals surface area contributed by atoms with Crippen LogP contribution in [0.15, 0.2) is 36.4 Å². The molecule has 0 saturated heterocycles. The van der Waals surface area contributed by atoms with Gasteiger partial charge in [0.2, 0.25) is 0 Å². The van der Waals surface area contributed by atoms with Crippen LogP contribution in [0.1, 0.15) is 71.1 Å². The first-order chi connectivity index (χ1) is 13.5. The van der Waals surface area contributed by atoms with Crippen molar-refractivity contribution in [1.82, 2.24) is 0 Å². The van der Waals surface area contributed by atoms with Crippen molar-refractivity contribution in [2.24, 2.45) is 5.92 Å². The highest BCUT2D eigenvalue weighted by molar-refractivity contribution is 6.30. The maximum atomic E-state index is 10.0. The van der Waals surface area contributed by atoms with Gasteiger partial charge in [0.25, 0.3) is 0 Å². The first-order valence-corrected chi connectivity index (χ1v) is 10.9. The van der Waals surface area contributed by atoms with Crippen LogP contribution in [-0.4, -0.2) is 28.9 Å². The molecule has 2 N–H and O–H groups in total. The minimum absolute atomic E-state index is 0.267. The number of carbonyl (C=O) groups is 1. The monoisotopic (exact) mass is 410 g/mol. The number of aliphatic hydroxyl groups is 1. The fraction of sp³-hybridized carbons (Fsp3) is 0.609. The van der Waals surface area contributed by atoms with E-state index >= 15 is 0 Å². The van der Waals surface area contributed by atoms with Gasteiger partial charge in [-0.1, -0.05) is 75.3 Å². The van der Waals surface area contributed by atoms with Crippen molar-refractivity contribution >= 4 is 17.6 Å². The maximum Gasteiger partial charge on any atom is 0.303 e. The SMILES string of the molecule is CCCCCCCC(=O)O.OC(/C=C/C1CCCC1)COc1cccc(Cl)c1. The highest BCUT2D eigenvalue weighted by Crippen LogP contribution is 2.25. The van der Waals surface area contributed by atoms with Crippen molar-refractivity contribution in [3.8, 4) is 5.75 Å². The van der Waals surface area contributed by atoms with Crippen LogP contribution in [0.3, 0.4) is 0 Å². The summed E-state index contributed by atoms with van der Waals surface area (Å²) in [7, 11) is 0. The van der Waals surface area contributed by atoms with Gasteiger partial charge in [-0.3, -0.25) is 4.79 Å². The molecule has 1 aromatic rings. The number of aliphatic carboxylic acids is 1. The number of rotatable bonds is 11. The quantitative estimate of drug-likeness (QED) is 0.334. The zero-order valence-electron chi connectivity index (χ0n) is 17.0. The molecular formula is C23H35ClO4. The summed E-state index contributed by atoms with van der Waals surface area (Å²) in [4.78, 5) is 10.0. The molecule has 0 aromatic heterocycles. The molecule has 4 nitrogen and oxygen atoms in total. The predicted molar refractivity (Wildman–Crippen MR) is 115 cm³/mol. The van der Waals surface area contributed by atoms with Crippen molar-refractivity contribution in [3.63, 3.8) is 0 Å². The van der Waals surface area contributed by atoms with E-state index in [2.05, 4.69) is 13.0 Å². The van der Waals surface area contributed by atoms with Crippen LogP contribution in [0.5, 0.6) is 5.75 Å². The van der Waals surface area contributed by atoms with Crippen molar-refractivity contribution < 1.29 is 19.7 Å². The fourth-order valence-corrected chi connectivity index (χ4v) is 3.29. The molecule has 1 aliphatic carbocycles. The van der Waals surface area contributed by atoms with Gasteiger partial charge in [0, 0.05) is 11.4 Å². The van der Waals surface area contributed by atoms with Crippen molar-refractivity contribution in [1.29, 1.82) is 0 Å². The number of hydrogen-bond donors (Lipinski definition) is 2. The van der Waals surface area contributed by atoms with Gasteiger partial charge >= 0.3 is 5.97 Å². The standard InChI is InChI=1S/C15H19ClO2.C8H16O2/c16-13-6-3-7-15(10-13)18-11-14(17)9-8-12-4-1-2-5-12;1-2-3-4-5-6-7-8(9)10/h3,6-10,12,14,17H,1-2,4-5,11H2;2-7H2,1H3,(H,9,10)/b9-8+;. The first-order valence-electron chi connectivity index (χ1n) is 10.5. The van der Waals surface area contributed by atoms with Gasteiger partial charge in [0.1, 0.15) is 18.5 Å². The summed E-state index contributed by atoms with van der Waals surface area (Å²) in [6.45, 7) is 2.42. The number of allylic oxidation sites excluding steroid dienone is 1. The molecule has 0 radical (unpaired) electrons. The lowest BCUT2D eigenvalue weighted by atomic mass is 10.1. The van der Waals surface area contributed by atoms with Gasteiger partial charge < -0.3 is 14.9 Å². The molecule has 1 unspecified atom stereocenters. The highest BCUT2D eigenvalue weighted by atomic mass is 35.5. The van der Waals surface area contributed by atoms with Crippen LogP contribution in [0, 0.1) is 5.92 Å². The Kier molecular flexibility index (Phi) is 13.5. The van der Waals surface area contributed by atoms with E-state index in [1.54, 1.807) is 12.1 Å². The Morgan fingerprint density at radius 2 is 1.96 bits per heavy atom. The molecule has 1 aliphatic rings. The van der Waals surface area contributed by atoms with Crippen LogP contribution in [0.4, 0.5) is 0 Å². The third kappa shape index (κ3) is 12.8. The van der Waals surface area contributed by atoms with Crippen LogP contribution < -0.4 is 4.74 Å². The predicted octanol–water partition coefficient (Wildman–Crippen LogP) is 6.26. The molecule has 0 bridgehead atoms. The number of unbranched alkanes of at least 4 members (excludes halogenated alkanes) is 4. The Morgan fingerprint density at radius 1 is 1.25 bits per heavy atom. The summed E-state index contributed by atoms with van der Waals surface area (Å²) in [6.07, 6.45) is 14.4. The van der Waals surface area contributed by atoms with E-state index in [-0.39, 0.29) is 6.61 Å². The summed E-state index contributed by atoms with van der Waals surface area (Å²) in [5.41, 5.74) is 0. The van der Waals surface area contributed by atoms with Crippen LogP contribution in [0.2, 0.25) is 5.02 Å². The molecule has 0 spiro atoms. The topological polar surface area (TPSA) is 66.8 Å². The fourth-order valence-electron chi connectivity index (χ4n) is 3.11. The van der Waals surface area contributed by atoms with Gasteiger partial charge in [0.15, 0.2) is 0 Å². The van der Waals surface area contributed by atoms with E-state index in [1.165, 1.54) is 44.9 Å². The number of carboxylic acids is 1. The molecule has 0 aliphatic heterocycles. The Bertz CT molecular complexity index is 567. The first kappa shape index (κ1) is 24.5. The second kappa shape index (κ2) is 15.4. The van der Waals surface area contributed by atoms with Gasteiger partial charge in [-0.2, -0.15) is 0 Å². The van der Waals surface area contributed by atoms with Gasteiger partial charge in [0.05, 0.1) is 0 Å². The Hall–Kier alpha value is -1.52. The number of carboxylic acid groups (broad SMARTS) is 1. The summed E-state index contributed by atoms with van der Waals surface area (Å²) in [5, 5.41) is 18.7. The van der Waals surface area contributed by atoms with Gasteiger partial charge in [-0.25, -0.2) is 0 Å². The molecule has 1 fully saturated rings. The molecule has 2 rings (SSSR count). The normalized spacial score (nSPS) is 15.2. The summed E-state index contributed by atoms with van der Waals surface area (Å²) in [6, 6.07) is 7.21. The van der Waals surface area contributed by atoms with E-state index in [0.717, 1.165) is 12.8 Å². The minimum Gasteiger partial charge on any atom is -0.491 e. The molecule has 0 heterocycles. The van der Waals surface area contributed by atoms with Crippen LogP contribution in [-0.2, 0) is 4.79 Å². The molecule has 1 atom stereocenters. The lowest BCUT2D eigenvalue weighted by Crippen LogP contribution is -2.15. The van der Waals surface area contributed by atoms with E-state index in [0.29, 0.717) is 23.1 Å². The molecule has 0 amide bonds. The number of aliphatic hydroxyl groups excluding tert-OH is 1. The number of hydrogen-bond acceptors (Lipinski definition) is 3. The summed E-state index contributed by atoms with van der Waals surface area (Å²) in [5.74, 6) is 0.665. The molecule has 1 aromatic carbocycles. The van der Waals surface area contributed by atoms with Crippen molar-refractivity contribution in [2.75, 3.05) is 6.61 Å². The van der Waals surface area contributed by atoms with E-state index in [4.69, 9.17) is 21.4 Å². The average Bonchev–Trinajstić information content (AvgIpc) is 3.19. The van der Waals surface area contributed by atoms with Crippen molar-refractivity contribution in [3.05, 3.63) is 41.4 Å². The van der Waals surface area contributed by atoms with Gasteiger partial charge in [-0.15, -0.1) is 0 Å². The molecule has 158 valence electrons. The summed E-state index contributed by atoms with van der Waals surface area (Å²) >= 11 is 5.85. The van der Waals surface area contributed by atoms with E-state index in [1.807, 2.05) is 18.2 Å². The third-order valence-electron chi connectivity index (χ3n) is 4.72. The number of benzene rings is 1. The zero-order valence-corrected chi connectivity index (χ0v) is 17.7. The smallest absolute Gasteiger partial charge is 0.303 e. The second-order valence-corrected chi connectivity index (χ2v) is 7.76. The Labute approximate surface area is 174 Å². The van der Waals surface area contributed by atoms with Crippen LogP contribution >= 0.6 is 11.6 Å². The Balaban J connectivity index is 0.000000336.